The molecule has 0 spiro atoms. The highest BCUT2D eigenvalue weighted by Crippen LogP contribution is 2.33. The molecule has 0 saturated heterocycles. The quantitative estimate of drug-likeness (QED) is 0.601. The summed E-state index contributed by atoms with van der Waals surface area (Å²) >= 11 is 0. The molecule has 1 saturated carbocycles. The van der Waals surface area contributed by atoms with Gasteiger partial charge in [-0.3, -0.25) is 0 Å². The number of hydrogen-bond donors (Lipinski definition) is 2. The Labute approximate surface area is 144 Å². The number of aromatic nitrogens is 5. The van der Waals surface area contributed by atoms with Crippen LogP contribution in [0.1, 0.15) is 19.8 Å². The van der Waals surface area contributed by atoms with Crippen LogP contribution >= 0.6 is 0 Å². The van der Waals surface area contributed by atoms with Gasteiger partial charge >= 0.3 is 0 Å². The minimum Gasteiger partial charge on any atom is -0.390 e. The minimum atomic E-state index is -0.561. The van der Waals surface area contributed by atoms with Crippen molar-refractivity contribution in [3.63, 3.8) is 0 Å². The standard InChI is InChI=1S/C18H18N6O/c1-18(25)8-13(9-18)21-17-20-10-15-14(4-6-24(15)22-17)12-2-3-16-19-5-7-23(16)11-12/h2-7,10-11,13,25H,8-9H2,1H3,(H,21,22). The van der Waals surface area contributed by atoms with E-state index in [9.17, 15) is 5.11 Å². The largest absolute Gasteiger partial charge is 0.390 e. The first kappa shape index (κ1) is 14.4. The van der Waals surface area contributed by atoms with E-state index in [1.54, 1.807) is 6.20 Å². The fourth-order valence-electron chi connectivity index (χ4n) is 3.58. The van der Waals surface area contributed by atoms with Crippen molar-refractivity contribution in [1.29, 1.82) is 0 Å². The number of nitrogens with zero attached hydrogens (tertiary/aromatic N) is 5. The molecule has 7 nitrogen and oxygen atoms in total. The number of aliphatic hydroxyl groups is 1. The fraction of sp³-hybridized carbons (Fsp3) is 0.278. The van der Waals surface area contributed by atoms with Crippen molar-refractivity contribution in [1.82, 2.24) is 24.0 Å². The first-order chi connectivity index (χ1) is 12.1. The number of fused-ring (bicyclic) bond motifs is 2. The molecule has 0 aliphatic heterocycles. The van der Waals surface area contributed by atoms with E-state index in [1.807, 2.05) is 46.6 Å². The molecule has 0 bridgehead atoms. The van der Waals surface area contributed by atoms with Crippen LogP contribution in [0.3, 0.4) is 0 Å². The third kappa shape index (κ3) is 2.44. The highest BCUT2D eigenvalue weighted by molar-refractivity contribution is 5.80. The molecule has 4 heterocycles. The van der Waals surface area contributed by atoms with Gasteiger partial charge in [0, 0.05) is 42.0 Å². The van der Waals surface area contributed by atoms with E-state index in [4.69, 9.17) is 0 Å². The number of nitrogens with one attached hydrogen (secondary N) is 1. The van der Waals surface area contributed by atoms with Crippen LogP contribution in [-0.4, -0.2) is 40.7 Å². The highest BCUT2D eigenvalue weighted by atomic mass is 16.3. The summed E-state index contributed by atoms with van der Waals surface area (Å²) in [5.74, 6) is 0.584. The summed E-state index contributed by atoms with van der Waals surface area (Å²) in [5, 5.41) is 17.6. The molecule has 0 radical (unpaired) electrons. The second kappa shape index (κ2) is 5.03. The SMILES string of the molecule is CC1(O)CC(Nc2ncc3c(-c4ccc5nccn5c4)ccn3n2)C1. The molecule has 1 fully saturated rings. The van der Waals surface area contributed by atoms with Crippen LogP contribution in [0.2, 0.25) is 0 Å². The topological polar surface area (TPSA) is 79.8 Å². The van der Waals surface area contributed by atoms with Gasteiger partial charge in [-0.25, -0.2) is 14.5 Å². The van der Waals surface area contributed by atoms with Gasteiger partial charge in [-0.1, -0.05) is 0 Å². The summed E-state index contributed by atoms with van der Waals surface area (Å²) in [6.07, 6.45) is 11.0. The second-order valence-electron chi connectivity index (χ2n) is 7.00. The van der Waals surface area contributed by atoms with Gasteiger partial charge in [0.15, 0.2) is 0 Å². The lowest BCUT2D eigenvalue weighted by Gasteiger charge is -2.41. The third-order valence-corrected chi connectivity index (χ3v) is 4.82. The van der Waals surface area contributed by atoms with E-state index in [1.165, 1.54) is 0 Å². The Bertz CT molecular complexity index is 1070. The Morgan fingerprint density at radius 3 is 2.92 bits per heavy atom. The molecule has 2 N–H and O–H groups in total. The second-order valence-corrected chi connectivity index (χ2v) is 7.00. The van der Waals surface area contributed by atoms with Crippen LogP contribution < -0.4 is 5.32 Å². The Kier molecular flexibility index (Phi) is 2.90. The lowest BCUT2D eigenvalue weighted by atomic mass is 9.77. The molecule has 0 atom stereocenters. The predicted octanol–water partition coefficient (Wildman–Crippen LogP) is 2.37. The first-order valence-corrected chi connectivity index (χ1v) is 8.34. The van der Waals surface area contributed by atoms with Crippen molar-refractivity contribution in [3.05, 3.63) is 49.2 Å². The summed E-state index contributed by atoms with van der Waals surface area (Å²) in [6.45, 7) is 1.85. The number of hydrogen-bond acceptors (Lipinski definition) is 5. The maximum atomic E-state index is 9.83. The van der Waals surface area contributed by atoms with Crippen molar-refractivity contribution in [2.45, 2.75) is 31.4 Å². The van der Waals surface area contributed by atoms with E-state index in [0.29, 0.717) is 5.95 Å². The van der Waals surface area contributed by atoms with Crippen molar-refractivity contribution < 1.29 is 5.11 Å². The molecular weight excluding hydrogens is 316 g/mol. The monoisotopic (exact) mass is 334 g/mol. The van der Waals surface area contributed by atoms with Crippen molar-refractivity contribution in [3.8, 4) is 11.1 Å². The maximum absolute atomic E-state index is 9.83. The molecular formula is C18H18N6O. The summed E-state index contributed by atoms with van der Waals surface area (Å²) in [4.78, 5) is 8.72. The Balaban J connectivity index is 1.46. The van der Waals surface area contributed by atoms with Gasteiger partial charge in [0.25, 0.3) is 0 Å². The molecule has 126 valence electrons. The highest BCUT2D eigenvalue weighted by Gasteiger charge is 2.38. The molecule has 5 rings (SSSR count). The maximum Gasteiger partial charge on any atom is 0.241 e. The van der Waals surface area contributed by atoms with Gasteiger partial charge < -0.3 is 14.8 Å². The van der Waals surface area contributed by atoms with E-state index in [0.717, 1.165) is 35.1 Å². The Morgan fingerprint density at radius 1 is 1.20 bits per heavy atom. The fourth-order valence-corrected chi connectivity index (χ4v) is 3.58. The van der Waals surface area contributed by atoms with E-state index in [2.05, 4.69) is 32.6 Å². The average Bonchev–Trinajstić information content (AvgIpc) is 3.18. The molecule has 1 aliphatic carbocycles. The number of imidazole rings is 1. The van der Waals surface area contributed by atoms with Gasteiger partial charge in [0.05, 0.1) is 17.3 Å². The van der Waals surface area contributed by atoms with E-state index in [-0.39, 0.29) is 6.04 Å². The zero-order valence-electron chi connectivity index (χ0n) is 13.8. The van der Waals surface area contributed by atoms with Crippen molar-refractivity contribution in [2.75, 3.05) is 5.32 Å². The summed E-state index contributed by atoms with van der Waals surface area (Å²) in [5.41, 5.74) is 3.48. The van der Waals surface area contributed by atoms with Crippen molar-refractivity contribution >= 4 is 17.1 Å². The van der Waals surface area contributed by atoms with Gasteiger partial charge in [-0.2, -0.15) is 0 Å². The summed E-state index contributed by atoms with van der Waals surface area (Å²) < 4.78 is 3.83. The lowest BCUT2D eigenvalue weighted by Crippen LogP contribution is -2.48. The smallest absolute Gasteiger partial charge is 0.241 e. The molecule has 1 aliphatic rings. The van der Waals surface area contributed by atoms with Gasteiger partial charge in [-0.05, 0) is 38.0 Å². The number of rotatable bonds is 3. The lowest BCUT2D eigenvalue weighted by molar-refractivity contribution is -0.0236. The zero-order valence-corrected chi connectivity index (χ0v) is 13.8. The average molecular weight is 334 g/mol. The van der Waals surface area contributed by atoms with E-state index < -0.39 is 5.60 Å². The number of anilines is 1. The molecule has 7 heteroatoms. The summed E-state index contributed by atoms with van der Waals surface area (Å²) in [6, 6.07) is 6.32. The molecule has 25 heavy (non-hydrogen) atoms. The van der Waals surface area contributed by atoms with Gasteiger partial charge in [-0.15, -0.1) is 5.10 Å². The zero-order chi connectivity index (χ0) is 17.0. The van der Waals surface area contributed by atoms with Crippen LogP contribution in [0.5, 0.6) is 0 Å². The first-order valence-electron chi connectivity index (χ1n) is 8.34. The molecule has 4 aromatic rings. The van der Waals surface area contributed by atoms with Gasteiger partial charge in [0.1, 0.15) is 5.65 Å². The molecule has 0 amide bonds. The van der Waals surface area contributed by atoms with Crippen LogP contribution in [-0.2, 0) is 0 Å². The van der Waals surface area contributed by atoms with E-state index >= 15 is 0 Å². The van der Waals surface area contributed by atoms with Gasteiger partial charge in [0.2, 0.25) is 5.95 Å². The van der Waals surface area contributed by atoms with Crippen LogP contribution in [0.4, 0.5) is 5.95 Å². The van der Waals surface area contributed by atoms with Crippen LogP contribution in [0.15, 0.2) is 49.2 Å². The molecule has 4 aromatic heterocycles. The third-order valence-electron chi connectivity index (χ3n) is 4.82. The molecule has 0 unspecified atom stereocenters. The predicted molar refractivity (Wildman–Crippen MR) is 94.4 cm³/mol. The van der Waals surface area contributed by atoms with Crippen LogP contribution in [0.25, 0.3) is 22.3 Å². The Morgan fingerprint density at radius 2 is 2.08 bits per heavy atom. The van der Waals surface area contributed by atoms with Crippen LogP contribution in [0, 0.1) is 0 Å². The number of pyridine rings is 1. The minimum absolute atomic E-state index is 0.228. The summed E-state index contributed by atoms with van der Waals surface area (Å²) in [7, 11) is 0. The van der Waals surface area contributed by atoms with Crippen molar-refractivity contribution in [2.24, 2.45) is 0 Å². The molecule has 0 aromatic carbocycles. The Hall–Kier alpha value is -2.93. The normalized spacial score (nSPS) is 23.0.